The van der Waals surface area contributed by atoms with Gasteiger partial charge in [-0.15, -0.1) is 0 Å². The number of nitrogens with zero attached hydrogens (tertiary/aromatic N) is 8. The lowest BCUT2D eigenvalue weighted by atomic mass is 10.0. The predicted molar refractivity (Wildman–Crippen MR) is 170 cm³/mol. The summed E-state index contributed by atoms with van der Waals surface area (Å²) in [7, 11) is 5.89. The van der Waals surface area contributed by atoms with Crippen LogP contribution in [-0.4, -0.2) is 110 Å². The summed E-state index contributed by atoms with van der Waals surface area (Å²) in [5.74, 6) is 0.494. The van der Waals surface area contributed by atoms with Crippen molar-refractivity contribution in [3.63, 3.8) is 0 Å². The first-order chi connectivity index (χ1) is 22.0. The topological polar surface area (TPSA) is 92.1 Å². The molecule has 0 N–H and O–H groups in total. The first-order valence-corrected chi connectivity index (χ1v) is 15.9. The quantitative estimate of drug-likeness (QED) is 0.367. The number of rotatable bonds is 9. The van der Waals surface area contributed by atoms with Crippen LogP contribution in [0.1, 0.15) is 36.1 Å². The van der Waals surface area contributed by atoms with E-state index in [4.69, 9.17) is 26.3 Å². The lowest BCUT2D eigenvalue weighted by Crippen LogP contribution is -2.55. The third-order valence-corrected chi connectivity index (χ3v) is 9.15. The van der Waals surface area contributed by atoms with Gasteiger partial charge in [0.1, 0.15) is 12.4 Å². The average molecular weight is 661 g/mol. The monoisotopic (exact) mass is 660 g/mol. The van der Waals surface area contributed by atoms with Crippen molar-refractivity contribution < 1.29 is 22.7 Å². The molecule has 5 rings (SSSR count). The van der Waals surface area contributed by atoms with Crippen molar-refractivity contribution in [3.8, 4) is 12.1 Å². The van der Waals surface area contributed by atoms with E-state index in [1.165, 1.54) is 18.2 Å². The maximum Gasteiger partial charge on any atom is 0.419 e. The Morgan fingerprint density at radius 2 is 1.98 bits per heavy atom. The van der Waals surface area contributed by atoms with Crippen molar-refractivity contribution in [2.45, 2.75) is 50.5 Å². The minimum Gasteiger partial charge on any atom is -0.462 e. The molecule has 2 atom stereocenters. The van der Waals surface area contributed by atoms with Gasteiger partial charge in [0.15, 0.2) is 0 Å². The Labute approximate surface area is 273 Å². The standard InChI is InChI=1S/C32H40ClF3N8O2/c1-40(2)14-6-10-28(45)44-18-17-43(19-22(44)11-13-37)30-24-12-16-42(27-9-4-8-25(33)29(27)32(34,35)36)20-26(24)38-31(39-30)46-21-23-7-5-15-41(23)3/h4,6,8-10,22-23H,5,7,11-12,14-21H2,1-3H3/b10-6+/t22-,23+/m0/s1. The molecule has 4 heterocycles. The molecule has 248 valence electrons. The van der Waals surface area contributed by atoms with Crippen molar-refractivity contribution in [2.75, 3.05) is 76.8 Å². The van der Waals surface area contributed by atoms with Crippen LogP contribution in [0, 0.1) is 11.3 Å². The number of aromatic nitrogens is 2. The fraction of sp³-hybridized carbons (Fsp3) is 0.562. The summed E-state index contributed by atoms with van der Waals surface area (Å²) >= 11 is 6.06. The van der Waals surface area contributed by atoms with Crippen molar-refractivity contribution in [3.05, 3.63) is 52.2 Å². The number of likely N-dealkylation sites (tertiary alicyclic amines) is 1. The van der Waals surface area contributed by atoms with Crippen LogP contribution < -0.4 is 14.5 Å². The highest BCUT2D eigenvalue weighted by Crippen LogP contribution is 2.43. The summed E-state index contributed by atoms with van der Waals surface area (Å²) in [6.45, 7) is 3.66. The van der Waals surface area contributed by atoms with Gasteiger partial charge in [-0.25, -0.2) is 0 Å². The molecule has 1 amide bonds. The highest BCUT2D eigenvalue weighted by atomic mass is 35.5. The van der Waals surface area contributed by atoms with Gasteiger partial charge in [0, 0.05) is 50.4 Å². The number of amides is 1. The largest absolute Gasteiger partial charge is 0.462 e. The number of nitriles is 1. The highest BCUT2D eigenvalue weighted by molar-refractivity contribution is 6.31. The summed E-state index contributed by atoms with van der Waals surface area (Å²) in [5.41, 5.74) is 0.555. The third-order valence-electron chi connectivity index (χ3n) is 8.84. The molecule has 1 aromatic heterocycles. The van der Waals surface area contributed by atoms with Crippen molar-refractivity contribution in [1.82, 2.24) is 24.7 Å². The van der Waals surface area contributed by atoms with Gasteiger partial charge in [0.2, 0.25) is 5.91 Å². The van der Waals surface area contributed by atoms with Crippen LogP contribution in [0.15, 0.2) is 30.4 Å². The van der Waals surface area contributed by atoms with Crippen molar-refractivity contribution in [2.24, 2.45) is 0 Å². The van der Waals surface area contributed by atoms with E-state index in [0.29, 0.717) is 57.3 Å². The molecule has 0 aliphatic carbocycles. The van der Waals surface area contributed by atoms with Crippen LogP contribution in [-0.2, 0) is 23.9 Å². The molecule has 2 aromatic rings. The van der Waals surface area contributed by atoms with Gasteiger partial charge in [-0.3, -0.25) is 4.79 Å². The summed E-state index contributed by atoms with van der Waals surface area (Å²) in [4.78, 5) is 32.3. The zero-order valence-corrected chi connectivity index (χ0v) is 27.2. The van der Waals surface area contributed by atoms with E-state index < -0.39 is 11.7 Å². The number of ether oxygens (including phenoxy) is 1. The molecule has 10 nitrogen and oxygen atoms in total. The number of alkyl halides is 3. The van der Waals surface area contributed by atoms with Gasteiger partial charge in [-0.1, -0.05) is 23.7 Å². The highest BCUT2D eigenvalue weighted by Gasteiger charge is 2.39. The first kappa shape index (κ1) is 33.8. The number of likely N-dealkylation sites (N-methyl/N-ethyl adjacent to an activating group) is 2. The van der Waals surface area contributed by atoms with Crippen LogP contribution in [0.5, 0.6) is 6.01 Å². The average Bonchev–Trinajstić information content (AvgIpc) is 3.42. The third kappa shape index (κ3) is 7.67. The normalized spacial score (nSPS) is 20.8. The lowest BCUT2D eigenvalue weighted by molar-refractivity contribution is -0.137. The van der Waals surface area contributed by atoms with Crippen LogP contribution in [0.3, 0.4) is 0 Å². The van der Waals surface area contributed by atoms with E-state index in [-0.39, 0.29) is 47.7 Å². The van der Waals surface area contributed by atoms with E-state index >= 15 is 0 Å². The van der Waals surface area contributed by atoms with E-state index in [0.717, 1.165) is 24.9 Å². The maximum atomic E-state index is 14.1. The number of piperazine rings is 1. The number of carbonyl (C=O) groups excluding carboxylic acids is 1. The van der Waals surface area contributed by atoms with Crippen molar-refractivity contribution in [1.29, 1.82) is 5.26 Å². The molecule has 0 spiro atoms. The molecule has 3 aliphatic rings. The summed E-state index contributed by atoms with van der Waals surface area (Å²) in [6, 6.07) is 6.45. The van der Waals surface area contributed by atoms with Crippen LogP contribution in [0.2, 0.25) is 5.02 Å². The fourth-order valence-corrected chi connectivity index (χ4v) is 6.69. The molecule has 2 fully saturated rings. The van der Waals surface area contributed by atoms with Crippen LogP contribution >= 0.6 is 11.6 Å². The maximum absolute atomic E-state index is 14.1. The number of benzene rings is 1. The molecule has 14 heteroatoms. The number of hydrogen-bond donors (Lipinski definition) is 0. The Morgan fingerprint density at radius 3 is 2.67 bits per heavy atom. The zero-order valence-electron chi connectivity index (χ0n) is 26.4. The second-order valence-electron chi connectivity index (χ2n) is 12.3. The Bertz CT molecular complexity index is 1480. The number of halogens is 4. The van der Waals surface area contributed by atoms with E-state index in [9.17, 15) is 23.2 Å². The molecular formula is C32H40ClF3N8O2. The molecule has 1 aromatic carbocycles. The molecule has 46 heavy (non-hydrogen) atoms. The molecule has 0 saturated carbocycles. The Morgan fingerprint density at radius 1 is 1.17 bits per heavy atom. The van der Waals surface area contributed by atoms with Gasteiger partial charge in [0.05, 0.1) is 47.0 Å². The Balaban J connectivity index is 1.45. The van der Waals surface area contributed by atoms with Gasteiger partial charge in [0.25, 0.3) is 0 Å². The minimum absolute atomic E-state index is 0.00407. The summed E-state index contributed by atoms with van der Waals surface area (Å²) in [5, 5.41) is 9.27. The molecule has 0 radical (unpaired) electrons. The van der Waals surface area contributed by atoms with Gasteiger partial charge < -0.3 is 29.2 Å². The SMILES string of the molecule is CN(C)C/C=C/C(=O)N1CCN(c2nc(OC[C@H]3CCCN3C)nc3c2CCN(c2cccc(Cl)c2C(F)(F)F)C3)C[C@@H]1CC#N. The number of fused-ring (bicyclic) bond motifs is 1. The molecule has 2 saturated heterocycles. The minimum atomic E-state index is -4.62. The van der Waals surface area contributed by atoms with Gasteiger partial charge in [-0.05, 0) is 59.1 Å². The molecule has 3 aliphatic heterocycles. The smallest absolute Gasteiger partial charge is 0.419 e. The van der Waals surface area contributed by atoms with Crippen LogP contribution in [0.25, 0.3) is 0 Å². The predicted octanol–water partition coefficient (Wildman–Crippen LogP) is 4.23. The summed E-state index contributed by atoms with van der Waals surface area (Å²) < 4.78 is 48.4. The summed E-state index contributed by atoms with van der Waals surface area (Å²) in [6.07, 6.45) is 1.35. The van der Waals surface area contributed by atoms with Crippen molar-refractivity contribution >= 4 is 29.0 Å². The van der Waals surface area contributed by atoms with Gasteiger partial charge in [-0.2, -0.15) is 28.4 Å². The fourth-order valence-electron chi connectivity index (χ4n) is 6.42. The first-order valence-electron chi connectivity index (χ1n) is 15.5. The van der Waals surface area contributed by atoms with E-state index in [1.807, 2.05) is 26.0 Å². The van der Waals surface area contributed by atoms with Crippen LogP contribution in [0.4, 0.5) is 24.7 Å². The number of anilines is 2. The second kappa shape index (κ2) is 14.4. The molecule has 0 bridgehead atoms. The number of carbonyl (C=O) groups is 1. The second-order valence-corrected chi connectivity index (χ2v) is 12.7. The molecule has 0 unspecified atom stereocenters. The molecular weight excluding hydrogens is 621 g/mol. The number of hydrogen-bond acceptors (Lipinski definition) is 9. The van der Waals surface area contributed by atoms with E-state index in [1.54, 1.807) is 22.0 Å². The Kier molecular flexibility index (Phi) is 10.6. The Hall–Kier alpha value is -3.60. The van der Waals surface area contributed by atoms with E-state index in [2.05, 4.69) is 15.9 Å². The van der Waals surface area contributed by atoms with Gasteiger partial charge >= 0.3 is 12.2 Å². The zero-order chi connectivity index (χ0) is 33.0. The lowest BCUT2D eigenvalue weighted by Gasteiger charge is -2.42.